The second-order valence-electron chi connectivity index (χ2n) is 7.87. The van der Waals surface area contributed by atoms with E-state index in [0.29, 0.717) is 22.6 Å². The predicted octanol–water partition coefficient (Wildman–Crippen LogP) is 4.19. The van der Waals surface area contributed by atoms with Crippen molar-refractivity contribution in [2.75, 3.05) is 4.72 Å². The maximum Gasteiger partial charge on any atom is 0.265 e. The first-order chi connectivity index (χ1) is 16.6. The van der Waals surface area contributed by atoms with Gasteiger partial charge in [-0.3, -0.25) is 14.5 Å². The lowest BCUT2D eigenvalue weighted by molar-refractivity contribution is 0.582. The molecule has 0 aliphatic heterocycles. The topological polar surface area (TPSA) is 121 Å². The summed E-state index contributed by atoms with van der Waals surface area (Å²) in [6.07, 6.45) is 3.08. The fourth-order valence-electron chi connectivity index (χ4n) is 4.04. The monoisotopic (exact) mass is 501 g/mol. The first-order valence-electron chi connectivity index (χ1n) is 10.3. The van der Waals surface area contributed by atoms with Gasteiger partial charge in [0, 0.05) is 30.4 Å². The molecule has 0 spiro atoms. The van der Waals surface area contributed by atoms with Crippen molar-refractivity contribution in [3.05, 3.63) is 65.5 Å². The zero-order valence-electron chi connectivity index (χ0n) is 18.6. The van der Waals surface area contributed by atoms with E-state index in [9.17, 15) is 12.8 Å². The van der Waals surface area contributed by atoms with E-state index < -0.39 is 44.3 Å². The number of aromatic nitrogens is 6. The van der Waals surface area contributed by atoms with Crippen LogP contribution in [0.2, 0.25) is 0 Å². The molecule has 0 saturated heterocycles. The van der Waals surface area contributed by atoms with Gasteiger partial charge in [-0.2, -0.15) is 10.2 Å². The Balaban J connectivity index is 1.61. The molecule has 0 atom stereocenters. The molecule has 180 valence electrons. The smallest absolute Gasteiger partial charge is 0.265 e. The highest BCUT2D eigenvalue weighted by atomic mass is 32.2. The standard InChI is InChI=1S/C22H18F3N7O2S/c1-10-21(11(2)32(3)30-10)35(33,34)31-15-7-6-14(23)16(18(15)25)12-4-5-13-19(17(12)24)28-29-20(13)22-26-8-9-27-22/h4-9,31H,1-3H3,(H,26,27)(H,28,29). The number of rotatable bonds is 5. The Kier molecular flexibility index (Phi) is 5.16. The minimum absolute atomic E-state index is 0.0831. The average Bonchev–Trinajstić information content (AvgIpc) is 3.51. The van der Waals surface area contributed by atoms with Crippen molar-refractivity contribution in [1.29, 1.82) is 0 Å². The quantitative estimate of drug-likeness (QED) is 0.334. The van der Waals surface area contributed by atoms with Gasteiger partial charge in [0.25, 0.3) is 10.0 Å². The van der Waals surface area contributed by atoms with E-state index in [0.717, 1.165) is 12.1 Å². The molecule has 0 aliphatic rings. The van der Waals surface area contributed by atoms with Crippen molar-refractivity contribution >= 4 is 26.6 Å². The van der Waals surface area contributed by atoms with Gasteiger partial charge < -0.3 is 4.98 Å². The summed E-state index contributed by atoms with van der Waals surface area (Å²) in [4.78, 5) is 6.82. The van der Waals surface area contributed by atoms with Crippen molar-refractivity contribution in [3.63, 3.8) is 0 Å². The molecule has 13 heteroatoms. The molecule has 35 heavy (non-hydrogen) atoms. The summed E-state index contributed by atoms with van der Waals surface area (Å²) in [6.45, 7) is 3.05. The van der Waals surface area contributed by atoms with Crippen LogP contribution in [0.3, 0.4) is 0 Å². The van der Waals surface area contributed by atoms with Gasteiger partial charge in [-0.15, -0.1) is 0 Å². The molecule has 0 unspecified atom stereocenters. The van der Waals surface area contributed by atoms with Crippen molar-refractivity contribution in [2.45, 2.75) is 18.7 Å². The number of aromatic amines is 2. The third-order valence-corrected chi connectivity index (χ3v) is 7.33. The minimum atomic E-state index is -4.27. The number of sulfonamides is 1. The Labute approximate surface area is 197 Å². The predicted molar refractivity (Wildman–Crippen MR) is 122 cm³/mol. The summed E-state index contributed by atoms with van der Waals surface area (Å²) < 4.78 is 75.2. The Morgan fingerprint density at radius 1 is 1.06 bits per heavy atom. The van der Waals surface area contributed by atoms with Crippen LogP contribution in [0.25, 0.3) is 33.5 Å². The zero-order valence-corrected chi connectivity index (χ0v) is 19.4. The molecule has 0 radical (unpaired) electrons. The number of hydrogen-bond acceptors (Lipinski definition) is 5. The lowest BCUT2D eigenvalue weighted by Gasteiger charge is -2.13. The number of halogens is 3. The third kappa shape index (κ3) is 3.55. The van der Waals surface area contributed by atoms with E-state index in [4.69, 9.17) is 0 Å². The van der Waals surface area contributed by atoms with Crippen molar-refractivity contribution in [2.24, 2.45) is 7.05 Å². The molecule has 5 rings (SSSR count). The van der Waals surface area contributed by atoms with Crippen LogP contribution in [0.4, 0.5) is 18.9 Å². The molecule has 3 heterocycles. The van der Waals surface area contributed by atoms with E-state index in [2.05, 4.69) is 30.0 Å². The van der Waals surface area contributed by atoms with Crippen LogP contribution in [0.1, 0.15) is 11.4 Å². The van der Waals surface area contributed by atoms with Crippen LogP contribution < -0.4 is 4.72 Å². The number of H-pyrrole nitrogens is 2. The van der Waals surface area contributed by atoms with E-state index in [-0.39, 0.29) is 16.1 Å². The molecule has 2 aromatic carbocycles. The van der Waals surface area contributed by atoms with E-state index >= 15 is 8.78 Å². The highest BCUT2D eigenvalue weighted by Gasteiger charge is 2.27. The zero-order chi connectivity index (χ0) is 25.1. The summed E-state index contributed by atoms with van der Waals surface area (Å²) >= 11 is 0. The van der Waals surface area contributed by atoms with Crippen molar-refractivity contribution in [1.82, 2.24) is 29.9 Å². The number of hydrogen-bond donors (Lipinski definition) is 3. The van der Waals surface area contributed by atoms with Gasteiger partial charge in [0.05, 0.1) is 22.6 Å². The van der Waals surface area contributed by atoms with Gasteiger partial charge in [-0.1, -0.05) is 6.07 Å². The van der Waals surface area contributed by atoms with Crippen LogP contribution in [0.15, 0.2) is 41.6 Å². The number of imidazole rings is 1. The second-order valence-corrected chi connectivity index (χ2v) is 9.49. The van der Waals surface area contributed by atoms with Crippen molar-refractivity contribution < 1.29 is 21.6 Å². The number of anilines is 1. The number of aryl methyl sites for hydroxylation is 2. The molecular weight excluding hydrogens is 483 g/mol. The highest BCUT2D eigenvalue weighted by Crippen LogP contribution is 2.37. The van der Waals surface area contributed by atoms with Gasteiger partial charge in [0.2, 0.25) is 0 Å². The number of fused-ring (bicyclic) bond motifs is 1. The Hall–Kier alpha value is -4.13. The third-order valence-electron chi connectivity index (χ3n) is 5.72. The molecule has 9 nitrogen and oxygen atoms in total. The van der Waals surface area contributed by atoms with Crippen LogP contribution in [0.5, 0.6) is 0 Å². The highest BCUT2D eigenvalue weighted by molar-refractivity contribution is 7.92. The van der Waals surface area contributed by atoms with Crippen LogP contribution in [0, 0.1) is 31.3 Å². The SMILES string of the molecule is Cc1nn(C)c(C)c1S(=O)(=O)Nc1ccc(F)c(-c2ccc3c(-c4ncc[nH]4)n[nH]c3c2F)c1F. The molecule has 0 amide bonds. The fourth-order valence-corrected chi connectivity index (χ4v) is 5.54. The first kappa shape index (κ1) is 22.7. The van der Waals surface area contributed by atoms with Gasteiger partial charge >= 0.3 is 0 Å². The van der Waals surface area contributed by atoms with Crippen molar-refractivity contribution in [3.8, 4) is 22.6 Å². The lowest BCUT2D eigenvalue weighted by Crippen LogP contribution is -2.16. The van der Waals surface area contributed by atoms with Crippen LogP contribution in [-0.2, 0) is 17.1 Å². The largest absolute Gasteiger partial charge is 0.343 e. The Morgan fingerprint density at radius 3 is 2.49 bits per heavy atom. The summed E-state index contributed by atoms with van der Waals surface area (Å²) in [6, 6.07) is 4.46. The van der Waals surface area contributed by atoms with E-state index in [1.54, 1.807) is 20.2 Å². The lowest BCUT2D eigenvalue weighted by atomic mass is 10.0. The van der Waals surface area contributed by atoms with E-state index in [1.165, 1.54) is 29.9 Å². The molecule has 3 aromatic heterocycles. The van der Waals surface area contributed by atoms with E-state index in [1.807, 2.05) is 0 Å². The molecule has 5 aromatic rings. The summed E-state index contributed by atoms with van der Waals surface area (Å²) in [5.41, 5.74) is -0.871. The van der Waals surface area contributed by atoms with Crippen LogP contribution >= 0.6 is 0 Å². The molecule has 0 fully saturated rings. The molecular formula is C22H18F3N7O2S. The van der Waals surface area contributed by atoms with Gasteiger partial charge in [-0.25, -0.2) is 26.6 Å². The van der Waals surface area contributed by atoms with Gasteiger partial charge in [0.15, 0.2) is 17.5 Å². The Bertz CT molecular complexity index is 1710. The molecule has 0 bridgehead atoms. The number of nitrogens with zero attached hydrogens (tertiary/aromatic N) is 4. The molecule has 0 aliphatic carbocycles. The summed E-state index contributed by atoms with van der Waals surface area (Å²) in [7, 11) is -2.70. The molecule has 0 saturated carbocycles. The number of nitrogens with one attached hydrogen (secondary N) is 3. The summed E-state index contributed by atoms with van der Waals surface area (Å²) in [5, 5.41) is 11.0. The minimum Gasteiger partial charge on any atom is -0.343 e. The number of benzene rings is 2. The maximum absolute atomic E-state index is 15.5. The fraction of sp³-hybridized carbons (Fsp3) is 0.136. The molecule has 3 N–H and O–H groups in total. The van der Waals surface area contributed by atoms with Gasteiger partial charge in [0.1, 0.15) is 21.9 Å². The second kappa shape index (κ2) is 7.98. The summed E-state index contributed by atoms with van der Waals surface area (Å²) in [5.74, 6) is -2.90. The maximum atomic E-state index is 15.5. The van der Waals surface area contributed by atoms with Gasteiger partial charge in [-0.05, 0) is 32.0 Å². The Morgan fingerprint density at radius 2 is 1.83 bits per heavy atom. The first-order valence-corrected chi connectivity index (χ1v) is 11.8. The van der Waals surface area contributed by atoms with Crippen LogP contribution in [-0.4, -0.2) is 38.4 Å². The average molecular weight is 501 g/mol. The normalized spacial score (nSPS) is 11.9.